The van der Waals surface area contributed by atoms with Crippen molar-refractivity contribution in [1.82, 2.24) is 15.1 Å². The average Bonchev–Trinajstić information content (AvgIpc) is 3.40. The third-order valence-corrected chi connectivity index (χ3v) is 6.54. The molecule has 2 aliphatic heterocycles. The zero-order valence-corrected chi connectivity index (χ0v) is 20.8. The van der Waals surface area contributed by atoms with Crippen LogP contribution in [0.4, 0.5) is 26.3 Å². The first-order valence-corrected chi connectivity index (χ1v) is 11.6. The van der Waals surface area contributed by atoms with E-state index >= 15 is 0 Å². The highest BCUT2D eigenvalue weighted by atomic mass is 32.1. The molecule has 2 fully saturated rings. The summed E-state index contributed by atoms with van der Waals surface area (Å²) in [4.78, 5) is 37.8. The number of rotatable bonds is 4. The second-order valence-corrected chi connectivity index (χ2v) is 9.92. The van der Waals surface area contributed by atoms with Gasteiger partial charge >= 0.3 is 24.3 Å². The summed E-state index contributed by atoms with van der Waals surface area (Å²) >= 11 is 1.90. The molecule has 0 spiro atoms. The molecule has 1 amide bonds. The standard InChI is InChI=1S/C17H27N3OS.2C2HF3O2/c1-11(2)20-15(17(21)18-4)7-13-8-19(10-16(13)20)9-14-6-5-12(3)22-14;2*3-2(4,5)1(6)7/h5-6,11,13,15-16H,7-10H2,1-4H3,(H,18,21);2*(H,6,7)/t13-,15-,16+;;/m0../s1. The lowest BCUT2D eigenvalue weighted by molar-refractivity contribution is -0.193. The number of thiophene rings is 1. The number of halogens is 6. The maximum absolute atomic E-state index is 12.2. The second kappa shape index (κ2) is 12.7. The molecule has 0 saturated carbocycles. The number of hydrogen-bond acceptors (Lipinski definition) is 6. The number of fused-ring (bicyclic) bond motifs is 1. The molecule has 3 rings (SSSR count). The maximum atomic E-state index is 12.2. The average molecular weight is 550 g/mol. The summed E-state index contributed by atoms with van der Waals surface area (Å²) in [5.41, 5.74) is 0. The van der Waals surface area contributed by atoms with Crippen LogP contribution in [0.5, 0.6) is 0 Å². The summed E-state index contributed by atoms with van der Waals surface area (Å²) < 4.78 is 63.5. The van der Waals surface area contributed by atoms with Crippen LogP contribution < -0.4 is 5.32 Å². The quantitative estimate of drug-likeness (QED) is 0.494. The van der Waals surface area contributed by atoms with Crippen molar-refractivity contribution in [3.8, 4) is 0 Å². The molecule has 36 heavy (non-hydrogen) atoms. The van der Waals surface area contributed by atoms with Gasteiger partial charge in [-0.3, -0.25) is 14.6 Å². The minimum Gasteiger partial charge on any atom is -0.475 e. The fourth-order valence-electron chi connectivity index (χ4n) is 4.22. The summed E-state index contributed by atoms with van der Waals surface area (Å²) in [5.74, 6) is -4.70. The smallest absolute Gasteiger partial charge is 0.475 e. The van der Waals surface area contributed by atoms with E-state index in [0.29, 0.717) is 18.0 Å². The summed E-state index contributed by atoms with van der Waals surface area (Å²) in [6, 6.07) is 5.47. The molecule has 0 bridgehead atoms. The van der Waals surface area contributed by atoms with E-state index in [2.05, 4.69) is 48.0 Å². The lowest BCUT2D eigenvalue weighted by atomic mass is 10.0. The SMILES string of the molecule is CNC(=O)[C@@H]1C[C@H]2CN(Cc3ccc(C)s3)C[C@H]2N1C(C)C.O=C(O)C(F)(F)F.O=C(O)C(F)(F)F. The summed E-state index contributed by atoms with van der Waals surface area (Å²) in [6.07, 6.45) is -9.16. The van der Waals surface area contributed by atoms with Crippen molar-refractivity contribution in [2.24, 2.45) is 5.92 Å². The van der Waals surface area contributed by atoms with E-state index < -0.39 is 24.3 Å². The van der Waals surface area contributed by atoms with Crippen LogP contribution in [0.15, 0.2) is 12.1 Å². The monoisotopic (exact) mass is 549 g/mol. The van der Waals surface area contributed by atoms with E-state index in [9.17, 15) is 31.1 Å². The summed E-state index contributed by atoms with van der Waals surface area (Å²) in [5, 5.41) is 17.1. The van der Waals surface area contributed by atoms with Gasteiger partial charge in [0, 0.05) is 48.5 Å². The third-order valence-electron chi connectivity index (χ3n) is 5.56. The van der Waals surface area contributed by atoms with Gasteiger partial charge in [-0.05, 0) is 45.2 Å². The highest BCUT2D eigenvalue weighted by Crippen LogP contribution is 2.38. The first-order valence-electron chi connectivity index (χ1n) is 10.7. The fourth-order valence-corrected chi connectivity index (χ4v) is 5.15. The predicted molar refractivity (Wildman–Crippen MR) is 118 cm³/mol. The van der Waals surface area contributed by atoms with E-state index in [1.807, 2.05) is 11.3 Å². The molecule has 2 saturated heterocycles. The molecule has 0 radical (unpaired) electrons. The first-order chi connectivity index (χ1) is 16.4. The van der Waals surface area contributed by atoms with Crippen LogP contribution in [0.2, 0.25) is 0 Å². The van der Waals surface area contributed by atoms with Crippen molar-refractivity contribution in [3.05, 3.63) is 21.9 Å². The van der Waals surface area contributed by atoms with Crippen LogP contribution in [0, 0.1) is 12.8 Å². The number of amides is 1. The van der Waals surface area contributed by atoms with Crippen molar-refractivity contribution < 1.29 is 50.9 Å². The molecule has 3 atom stereocenters. The van der Waals surface area contributed by atoms with E-state index in [0.717, 1.165) is 26.1 Å². The predicted octanol–water partition coefficient (Wildman–Crippen LogP) is 3.35. The van der Waals surface area contributed by atoms with Gasteiger partial charge in [0.05, 0.1) is 6.04 Å². The number of carbonyl (C=O) groups is 3. The van der Waals surface area contributed by atoms with Crippen molar-refractivity contribution in [2.45, 2.75) is 64.2 Å². The number of carbonyl (C=O) groups excluding carboxylic acids is 1. The number of aliphatic carboxylic acids is 2. The zero-order valence-electron chi connectivity index (χ0n) is 20.0. The van der Waals surface area contributed by atoms with Gasteiger partial charge in [-0.25, -0.2) is 9.59 Å². The highest BCUT2D eigenvalue weighted by Gasteiger charge is 2.49. The van der Waals surface area contributed by atoms with Crippen LogP contribution in [-0.2, 0) is 20.9 Å². The van der Waals surface area contributed by atoms with Crippen molar-refractivity contribution in [3.63, 3.8) is 0 Å². The molecule has 2 aliphatic rings. The van der Waals surface area contributed by atoms with Gasteiger partial charge in [0.1, 0.15) is 0 Å². The van der Waals surface area contributed by atoms with E-state index in [1.54, 1.807) is 7.05 Å². The molecule has 0 unspecified atom stereocenters. The van der Waals surface area contributed by atoms with Crippen LogP contribution in [0.3, 0.4) is 0 Å². The lowest BCUT2D eigenvalue weighted by Crippen LogP contribution is -2.50. The molecule has 3 heterocycles. The van der Waals surface area contributed by atoms with Gasteiger partial charge in [0.2, 0.25) is 5.91 Å². The molecule has 0 aromatic carbocycles. The Kier molecular flexibility index (Phi) is 11.2. The van der Waals surface area contributed by atoms with Gasteiger partial charge in [-0.1, -0.05) is 0 Å². The van der Waals surface area contributed by atoms with Crippen LogP contribution >= 0.6 is 11.3 Å². The molecule has 1 aromatic heterocycles. The Morgan fingerprint density at radius 3 is 1.92 bits per heavy atom. The Hall–Kier alpha value is -2.39. The van der Waals surface area contributed by atoms with E-state index in [-0.39, 0.29) is 11.9 Å². The van der Waals surface area contributed by atoms with Crippen molar-refractivity contribution in [2.75, 3.05) is 20.1 Å². The fraction of sp³-hybridized carbons (Fsp3) is 0.667. The van der Waals surface area contributed by atoms with Gasteiger partial charge < -0.3 is 15.5 Å². The van der Waals surface area contributed by atoms with E-state index in [4.69, 9.17) is 19.8 Å². The van der Waals surface area contributed by atoms with Crippen LogP contribution in [0.25, 0.3) is 0 Å². The second-order valence-electron chi connectivity index (χ2n) is 8.55. The van der Waals surface area contributed by atoms with E-state index in [1.165, 1.54) is 9.75 Å². The minimum atomic E-state index is -5.08. The van der Waals surface area contributed by atoms with Crippen LogP contribution in [-0.4, -0.2) is 88.5 Å². The third kappa shape index (κ3) is 9.24. The van der Waals surface area contributed by atoms with Crippen molar-refractivity contribution >= 4 is 29.2 Å². The number of hydrogen-bond donors (Lipinski definition) is 3. The van der Waals surface area contributed by atoms with Gasteiger partial charge in [0.15, 0.2) is 0 Å². The number of carboxylic acid groups (broad SMARTS) is 2. The Bertz CT molecular complexity index is 881. The molecule has 15 heteroatoms. The number of nitrogens with zero attached hydrogens (tertiary/aromatic N) is 2. The topological polar surface area (TPSA) is 110 Å². The Labute approximate surface area is 207 Å². The normalized spacial score (nSPS) is 22.2. The Balaban J connectivity index is 0.000000383. The molecule has 1 aromatic rings. The number of alkyl halides is 6. The number of carboxylic acids is 2. The molecular weight excluding hydrogens is 520 g/mol. The van der Waals surface area contributed by atoms with Crippen molar-refractivity contribution in [1.29, 1.82) is 0 Å². The molecule has 206 valence electrons. The maximum Gasteiger partial charge on any atom is 0.490 e. The summed E-state index contributed by atoms with van der Waals surface area (Å²) in [6.45, 7) is 9.86. The lowest BCUT2D eigenvalue weighted by Gasteiger charge is -2.33. The van der Waals surface area contributed by atoms with Gasteiger partial charge in [0.25, 0.3) is 0 Å². The van der Waals surface area contributed by atoms with Crippen LogP contribution in [0.1, 0.15) is 30.0 Å². The van der Waals surface area contributed by atoms with Gasteiger partial charge in [-0.2, -0.15) is 26.3 Å². The molecule has 8 nitrogen and oxygen atoms in total. The number of likely N-dealkylation sites (N-methyl/N-ethyl adjacent to an activating group) is 1. The Morgan fingerprint density at radius 2 is 1.56 bits per heavy atom. The minimum absolute atomic E-state index is 0.0612. The molecule has 3 N–H and O–H groups in total. The molecular formula is C21H29F6N3O5S. The number of nitrogens with one attached hydrogen (secondary N) is 1. The highest BCUT2D eigenvalue weighted by molar-refractivity contribution is 7.11. The largest absolute Gasteiger partial charge is 0.490 e. The Morgan fingerprint density at radius 1 is 1.06 bits per heavy atom. The molecule has 0 aliphatic carbocycles. The number of likely N-dealkylation sites (tertiary alicyclic amines) is 2. The number of aryl methyl sites for hydroxylation is 1. The summed E-state index contributed by atoms with van der Waals surface area (Å²) in [7, 11) is 1.75. The first kappa shape index (κ1) is 31.6. The van der Waals surface area contributed by atoms with Gasteiger partial charge in [-0.15, -0.1) is 11.3 Å². The zero-order chi connectivity index (χ0) is 28.0.